The number of aromatic nitrogens is 1. The van der Waals surface area contributed by atoms with Crippen LogP contribution in [0.3, 0.4) is 0 Å². The van der Waals surface area contributed by atoms with Crippen LogP contribution in [-0.2, 0) is 0 Å². The number of hydrogen-bond acceptors (Lipinski definition) is 3. The monoisotopic (exact) mass is 678 g/mol. The average Bonchev–Trinajstić information content (AvgIpc) is 3.58. The van der Waals surface area contributed by atoms with E-state index in [2.05, 4.69) is 186 Å². The molecule has 0 aliphatic carbocycles. The molecule has 1 aromatic heterocycles. The first-order chi connectivity index (χ1) is 26.2. The maximum absolute atomic E-state index is 5.14. The van der Waals surface area contributed by atoms with Crippen molar-refractivity contribution in [1.82, 2.24) is 9.88 Å². The van der Waals surface area contributed by atoms with Gasteiger partial charge in [-0.3, -0.25) is 0 Å². The van der Waals surface area contributed by atoms with Gasteiger partial charge in [0.15, 0.2) is 5.84 Å². The van der Waals surface area contributed by atoms with E-state index in [1.165, 1.54) is 43.7 Å². The van der Waals surface area contributed by atoms with E-state index in [1.807, 2.05) is 18.2 Å². The van der Waals surface area contributed by atoms with E-state index in [0.29, 0.717) is 5.84 Å². The molecule has 10 rings (SSSR count). The topological polar surface area (TPSA) is 41.7 Å². The van der Waals surface area contributed by atoms with E-state index in [9.17, 15) is 0 Å². The van der Waals surface area contributed by atoms with Crippen molar-refractivity contribution in [3.05, 3.63) is 211 Å². The lowest BCUT2D eigenvalue weighted by molar-refractivity contribution is 0.675. The quantitative estimate of drug-likeness (QED) is 0.187. The van der Waals surface area contributed by atoms with Crippen molar-refractivity contribution in [3.8, 4) is 27.9 Å². The van der Waals surface area contributed by atoms with Crippen LogP contribution >= 0.6 is 0 Å². The molecule has 0 saturated carbocycles. The van der Waals surface area contributed by atoms with E-state index in [0.717, 1.165) is 39.3 Å². The maximum atomic E-state index is 5.14. The molecule has 250 valence electrons. The summed E-state index contributed by atoms with van der Waals surface area (Å²) in [5.74, 6) is 1.51. The summed E-state index contributed by atoms with van der Waals surface area (Å²) in [6, 6.07) is 68.8. The zero-order valence-electron chi connectivity index (χ0n) is 28.9. The largest absolute Gasteiger partial charge is 0.344 e. The van der Waals surface area contributed by atoms with Gasteiger partial charge in [0.25, 0.3) is 0 Å². The lowest BCUT2D eigenvalue weighted by Crippen LogP contribution is -2.33. The van der Waals surface area contributed by atoms with E-state index >= 15 is 0 Å². The SMILES string of the molecule is c1ccc(C2=NC(c3ccc4cc(-c5ccccc5)ccc4c3)NC(c3cccc(-c4ccc(-n5c6ccccc6c6ccccc65)cc4)c3)=N2)cc1. The molecule has 4 nitrogen and oxygen atoms in total. The summed E-state index contributed by atoms with van der Waals surface area (Å²) in [5, 5.41) is 8.59. The number of nitrogens with one attached hydrogen (secondary N) is 1. The highest BCUT2D eigenvalue weighted by Crippen LogP contribution is 2.33. The van der Waals surface area contributed by atoms with Crippen LogP contribution in [-0.4, -0.2) is 16.2 Å². The number of benzene rings is 8. The van der Waals surface area contributed by atoms with Gasteiger partial charge in [0.1, 0.15) is 12.0 Å². The highest BCUT2D eigenvalue weighted by Gasteiger charge is 2.22. The molecule has 1 N–H and O–H groups in total. The van der Waals surface area contributed by atoms with E-state index in [-0.39, 0.29) is 6.17 Å². The van der Waals surface area contributed by atoms with Gasteiger partial charge in [-0.1, -0.05) is 152 Å². The number of rotatable bonds is 6. The van der Waals surface area contributed by atoms with Gasteiger partial charge in [0, 0.05) is 27.6 Å². The fraction of sp³-hybridized carbons (Fsp3) is 0.0204. The van der Waals surface area contributed by atoms with Crippen molar-refractivity contribution in [3.63, 3.8) is 0 Å². The van der Waals surface area contributed by atoms with Crippen molar-refractivity contribution in [2.24, 2.45) is 9.98 Å². The molecule has 0 saturated heterocycles. The molecule has 9 aromatic rings. The summed E-state index contributed by atoms with van der Waals surface area (Å²) < 4.78 is 2.35. The minimum Gasteiger partial charge on any atom is -0.344 e. The predicted molar refractivity (Wildman–Crippen MR) is 221 cm³/mol. The van der Waals surface area contributed by atoms with Crippen LogP contribution < -0.4 is 5.32 Å². The maximum Gasteiger partial charge on any atom is 0.159 e. The van der Waals surface area contributed by atoms with Crippen LogP contribution in [0.1, 0.15) is 22.9 Å². The minimum absolute atomic E-state index is 0.301. The Morgan fingerprint density at radius 3 is 1.70 bits per heavy atom. The predicted octanol–water partition coefficient (Wildman–Crippen LogP) is 11.8. The molecule has 8 aromatic carbocycles. The molecule has 1 aliphatic heterocycles. The fourth-order valence-corrected chi connectivity index (χ4v) is 7.58. The summed E-state index contributed by atoms with van der Waals surface area (Å²) in [5.41, 5.74) is 11.3. The van der Waals surface area contributed by atoms with Gasteiger partial charge in [0.2, 0.25) is 0 Å². The highest BCUT2D eigenvalue weighted by molar-refractivity contribution is 6.13. The Morgan fingerprint density at radius 2 is 0.962 bits per heavy atom. The van der Waals surface area contributed by atoms with Crippen molar-refractivity contribution in [2.75, 3.05) is 0 Å². The van der Waals surface area contributed by atoms with Gasteiger partial charge in [-0.05, 0) is 81.1 Å². The average molecular weight is 679 g/mol. The number of fused-ring (bicyclic) bond motifs is 4. The Bertz CT molecular complexity index is 2800. The second-order valence-electron chi connectivity index (χ2n) is 13.5. The summed E-state index contributed by atoms with van der Waals surface area (Å²) in [4.78, 5) is 10.2. The van der Waals surface area contributed by atoms with Crippen LogP contribution in [0.4, 0.5) is 0 Å². The number of nitrogens with zero attached hydrogens (tertiary/aromatic N) is 3. The number of para-hydroxylation sites is 2. The molecule has 0 fully saturated rings. The fourth-order valence-electron chi connectivity index (χ4n) is 7.58. The second kappa shape index (κ2) is 12.9. The third kappa shape index (κ3) is 5.67. The first kappa shape index (κ1) is 30.8. The van der Waals surface area contributed by atoms with Crippen LogP contribution in [0.5, 0.6) is 0 Å². The normalized spacial score (nSPS) is 14.2. The molecule has 1 unspecified atom stereocenters. The molecule has 53 heavy (non-hydrogen) atoms. The van der Waals surface area contributed by atoms with Gasteiger partial charge in [-0.15, -0.1) is 0 Å². The third-order valence-corrected chi connectivity index (χ3v) is 10.2. The summed E-state index contributed by atoms with van der Waals surface area (Å²) in [6.45, 7) is 0. The van der Waals surface area contributed by atoms with Crippen LogP contribution in [0.15, 0.2) is 204 Å². The first-order valence-corrected chi connectivity index (χ1v) is 18.0. The summed E-state index contributed by atoms with van der Waals surface area (Å²) >= 11 is 0. The van der Waals surface area contributed by atoms with Crippen molar-refractivity contribution in [2.45, 2.75) is 6.17 Å². The van der Waals surface area contributed by atoms with Gasteiger partial charge in [0.05, 0.1) is 11.0 Å². The molecule has 0 amide bonds. The van der Waals surface area contributed by atoms with Gasteiger partial charge in [-0.25, -0.2) is 9.98 Å². The highest BCUT2D eigenvalue weighted by atomic mass is 15.2. The summed E-state index contributed by atoms with van der Waals surface area (Å²) in [7, 11) is 0. The van der Waals surface area contributed by atoms with E-state index < -0.39 is 0 Å². The molecular formula is C49H34N4. The van der Waals surface area contributed by atoms with Crippen molar-refractivity contribution >= 4 is 44.2 Å². The molecule has 0 spiro atoms. The molecule has 4 heteroatoms. The van der Waals surface area contributed by atoms with Gasteiger partial charge in [-0.2, -0.15) is 0 Å². The van der Waals surface area contributed by atoms with E-state index in [4.69, 9.17) is 9.98 Å². The van der Waals surface area contributed by atoms with Crippen LogP contribution in [0.25, 0.3) is 60.5 Å². The summed E-state index contributed by atoms with van der Waals surface area (Å²) in [6.07, 6.45) is -0.301. The second-order valence-corrected chi connectivity index (χ2v) is 13.5. The standard InChI is InChI=1S/C49H34N4/c1-3-12-33(13-4-1)37-22-23-39-32-41(25-24-38(39)30-37)49-51-47(35-14-5-2-6-15-35)50-48(52-49)40-17-11-16-36(31-40)34-26-28-42(29-27-34)53-45-20-9-7-18-43(45)44-19-8-10-21-46(44)53/h1-32,49H,(H,50,51,52). The lowest BCUT2D eigenvalue weighted by Gasteiger charge is -2.24. The molecule has 0 bridgehead atoms. The molecular weight excluding hydrogens is 645 g/mol. The Kier molecular flexibility index (Phi) is 7.51. The van der Waals surface area contributed by atoms with Crippen LogP contribution in [0.2, 0.25) is 0 Å². The Morgan fingerprint density at radius 1 is 0.415 bits per heavy atom. The number of hydrogen-bond donors (Lipinski definition) is 1. The smallest absolute Gasteiger partial charge is 0.159 e. The molecule has 1 atom stereocenters. The zero-order chi connectivity index (χ0) is 35.1. The Labute approximate surface area is 308 Å². The molecule has 1 aliphatic rings. The zero-order valence-corrected chi connectivity index (χ0v) is 28.9. The van der Waals surface area contributed by atoms with Crippen molar-refractivity contribution < 1.29 is 0 Å². The Balaban J connectivity index is 0.988. The first-order valence-electron chi connectivity index (χ1n) is 18.0. The van der Waals surface area contributed by atoms with Crippen LogP contribution in [0, 0.1) is 0 Å². The number of amidine groups is 2. The molecule has 0 radical (unpaired) electrons. The van der Waals surface area contributed by atoms with Crippen molar-refractivity contribution in [1.29, 1.82) is 0 Å². The lowest BCUT2D eigenvalue weighted by atomic mass is 9.99. The van der Waals surface area contributed by atoms with Gasteiger partial charge < -0.3 is 9.88 Å². The third-order valence-electron chi connectivity index (χ3n) is 10.2. The number of aliphatic imine (C=N–C) groups is 2. The molecule has 2 heterocycles. The Hall–Kier alpha value is -7.04. The van der Waals surface area contributed by atoms with E-state index in [1.54, 1.807) is 0 Å². The van der Waals surface area contributed by atoms with Gasteiger partial charge >= 0.3 is 0 Å². The minimum atomic E-state index is -0.301.